The number of piperazine rings is 1. The van der Waals surface area contributed by atoms with Crippen molar-refractivity contribution < 1.29 is 9.59 Å². The van der Waals surface area contributed by atoms with Crippen LogP contribution in [0, 0.1) is 11.8 Å². The quantitative estimate of drug-likeness (QED) is 0.559. The average molecular weight is 435 g/mol. The Morgan fingerprint density at radius 3 is 1.22 bits per heavy atom. The minimum atomic E-state index is -0.229. The Morgan fingerprint density at radius 1 is 0.656 bits per heavy atom. The Hall–Kier alpha value is -2.62. The number of hydrogen-bond donors (Lipinski definition) is 0. The van der Waals surface area contributed by atoms with Gasteiger partial charge < -0.3 is 9.80 Å². The third-order valence-corrected chi connectivity index (χ3v) is 6.49. The molecule has 4 nitrogen and oxygen atoms in total. The van der Waals surface area contributed by atoms with Crippen molar-refractivity contribution in [1.29, 1.82) is 0 Å². The lowest BCUT2D eigenvalue weighted by Gasteiger charge is -2.57. The third kappa shape index (κ3) is 5.06. The maximum atomic E-state index is 13.3. The SMILES string of the molecule is CC(=O)N1[C@H](c2ccccc2)[C@@H](c2ccccc2)N(C(C)=O)[C@@H](CC(C)C)[C@@H]1CC(C)C. The molecule has 1 aliphatic rings. The second-order valence-corrected chi connectivity index (χ2v) is 9.96. The van der Waals surface area contributed by atoms with E-state index in [1.165, 1.54) is 0 Å². The standard InChI is InChI=1S/C28H38N2O2/c1-19(2)17-25-26(18-20(3)4)30(22(6)32)28(24-15-11-8-12-16-24)27(29(25)21(5)31)23-13-9-7-10-14-23/h7-16,19-20,25-28H,17-18H2,1-6H3/t25-,26-,27+,28+/m0/s1. The highest BCUT2D eigenvalue weighted by Gasteiger charge is 2.50. The number of benzene rings is 2. The second kappa shape index (κ2) is 10.3. The normalized spacial score (nSPS) is 23.6. The highest BCUT2D eigenvalue weighted by Crippen LogP contribution is 2.48. The van der Waals surface area contributed by atoms with Gasteiger partial charge in [0.25, 0.3) is 0 Å². The summed E-state index contributed by atoms with van der Waals surface area (Å²) in [5, 5.41) is 0. The van der Waals surface area contributed by atoms with E-state index in [0.717, 1.165) is 24.0 Å². The van der Waals surface area contributed by atoms with Gasteiger partial charge in [-0.05, 0) is 35.8 Å². The molecule has 1 saturated heterocycles. The molecule has 0 unspecified atom stereocenters. The van der Waals surface area contributed by atoms with Gasteiger partial charge in [0.1, 0.15) is 0 Å². The van der Waals surface area contributed by atoms with Gasteiger partial charge in [0, 0.05) is 13.8 Å². The highest BCUT2D eigenvalue weighted by atomic mass is 16.2. The van der Waals surface area contributed by atoms with Gasteiger partial charge in [-0.3, -0.25) is 9.59 Å². The molecule has 32 heavy (non-hydrogen) atoms. The van der Waals surface area contributed by atoms with Crippen LogP contribution < -0.4 is 0 Å². The molecule has 1 aliphatic heterocycles. The first-order valence-electron chi connectivity index (χ1n) is 11.9. The average Bonchev–Trinajstić information content (AvgIpc) is 2.74. The first-order chi connectivity index (χ1) is 15.2. The summed E-state index contributed by atoms with van der Waals surface area (Å²) in [6, 6.07) is 19.9. The number of nitrogens with zero attached hydrogens (tertiary/aromatic N) is 2. The van der Waals surface area contributed by atoms with Crippen LogP contribution >= 0.6 is 0 Å². The molecule has 1 fully saturated rings. The van der Waals surface area contributed by atoms with E-state index in [4.69, 9.17) is 0 Å². The van der Waals surface area contributed by atoms with Crippen molar-refractivity contribution in [3.05, 3.63) is 71.8 Å². The number of carbonyl (C=O) groups excluding carboxylic acids is 2. The van der Waals surface area contributed by atoms with Crippen LogP contribution in [0.25, 0.3) is 0 Å². The van der Waals surface area contributed by atoms with Gasteiger partial charge in [-0.1, -0.05) is 88.4 Å². The monoisotopic (exact) mass is 434 g/mol. The van der Waals surface area contributed by atoms with Crippen LogP contribution in [-0.2, 0) is 9.59 Å². The Labute approximate surface area is 193 Å². The van der Waals surface area contributed by atoms with Crippen molar-refractivity contribution >= 4 is 11.8 Å². The summed E-state index contributed by atoms with van der Waals surface area (Å²) >= 11 is 0. The van der Waals surface area contributed by atoms with Crippen LogP contribution in [0.2, 0.25) is 0 Å². The summed E-state index contributed by atoms with van der Waals surface area (Å²) in [6.07, 6.45) is 1.73. The van der Waals surface area contributed by atoms with Gasteiger partial charge in [-0.25, -0.2) is 0 Å². The highest BCUT2D eigenvalue weighted by molar-refractivity contribution is 5.78. The topological polar surface area (TPSA) is 40.6 Å². The molecule has 0 saturated carbocycles. The van der Waals surface area contributed by atoms with Gasteiger partial charge >= 0.3 is 0 Å². The lowest BCUT2D eigenvalue weighted by molar-refractivity contribution is -0.160. The Kier molecular flexibility index (Phi) is 7.76. The molecule has 0 spiro atoms. The van der Waals surface area contributed by atoms with Crippen molar-refractivity contribution in [2.45, 2.75) is 78.6 Å². The van der Waals surface area contributed by atoms with E-state index >= 15 is 0 Å². The van der Waals surface area contributed by atoms with Crippen LogP contribution in [0.4, 0.5) is 0 Å². The van der Waals surface area contributed by atoms with Gasteiger partial charge in [0.15, 0.2) is 0 Å². The molecule has 0 aromatic heterocycles. The molecule has 2 amide bonds. The Bertz CT molecular complexity index is 819. The molecular formula is C28H38N2O2. The lowest BCUT2D eigenvalue weighted by atomic mass is 9.79. The summed E-state index contributed by atoms with van der Waals surface area (Å²) in [7, 11) is 0. The van der Waals surface area contributed by atoms with Gasteiger partial charge in [0.2, 0.25) is 11.8 Å². The van der Waals surface area contributed by atoms with E-state index in [-0.39, 0.29) is 36.0 Å². The first-order valence-corrected chi connectivity index (χ1v) is 11.9. The molecule has 172 valence electrons. The predicted octanol–water partition coefficient (Wildman–Crippen LogP) is 6.01. The maximum Gasteiger partial charge on any atom is 0.220 e. The van der Waals surface area contributed by atoms with Gasteiger partial charge in [-0.15, -0.1) is 0 Å². The van der Waals surface area contributed by atoms with Crippen LogP contribution in [0.5, 0.6) is 0 Å². The Balaban J connectivity index is 2.29. The van der Waals surface area contributed by atoms with Crippen LogP contribution in [0.1, 0.15) is 77.6 Å². The third-order valence-electron chi connectivity index (χ3n) is 6.49. The first kappa shape index (κ1) is 24.0. The molecule has 1 heterocycles. The van der Waals surface area contributed by atoms with E-state index in [0.29, 0.717) is 11.8 Å². The van der Waals surface area contributed by atoms with Crippen molar-refractivity contribution in [2.24, 2.45) is 11.8 Å². The molecule has 4 atom stereocenters. The number of rotatable bonds is 6. The fourth-order valence-electron chi connectivity index (χ4n) is 5.44. The second-order valence-electron chi connectivity index (χ2n) is 9.96. The molecule has 4 heteroatoms. The van der Waals surface area contributed by atoms with Crippen molar-refractivity contribution in [2.75, 3.05) is 0 Å². The van der Waals surface area contributed by atoms with Crippen molar-refractivity contribution in [1.82, 2.24) is 9.80 Å². The van der Waals surface area contributed by atoms with Crippen molar-refractivity contribution in [3.8, 4) is 0 Å². The van der Waals surface area contributed by atoms with Gasteiger partial charge in [0.05, 0.1) is 24.2 Å². The number of carbonyl (C=O) groups is 2. The molecule has 0 N–H and O–H groups in total. The molecule has 0 aliphatic carbocycles. The molecule has 3 rings (SSSR count). The molecule has 0 radical (unpaired) electrons. The zero-order valence-electron chi connectivity index (χ0n) is 20.4. The summed E-state index contributed by atoms with van der Waals surface area (Å²) in [5.74, 6) is 0.967. The van der Waals surface area contributed by atoms with Crippen molar-refractivity contribution in [3.63, 3.8) is 0 Å². The number of hydrogen-bond acceptors (Lipinski definition) is 2. The maximum absolute atomic E-state index is 13.3. The Morgan fingerprint density at radius 2 is 0.969 bits per heavy atom. The van der Waals surface area contributed by atoms with Crippen LogP contribution in [0.15, 0.2) is 60.7 Å². The summed E-state index contributed by atoms with van der Waals surface area (Å²) in [5.41, 5.74) is 2.14. The number of amides is 2. The lowest BCUT2D eigenvalue weighted by Crippen LogP contribution is -2.64. The van der Waals surface area contributed by atoms with Crippen LogP contribution in [0.3, 0.4) is 0 Å². The van der Waals surface area contributed by atoms with Crippen LogP contribution in [-0.4, -0.2) is 33.7 Å². The van der Waals surface area contributed by atoms with E-state index in [9.17, 15) is 9.59 Å². The summed E-state index contributed by atoms with van der Waals surface area (Å²) in [6.45, 7) is 12.2. The summed E-state index contributed by atoms with van der Waals surface area (Å²) < 4.78 is 0. The predicted molar refractivity (Wildman–Crippen MR) is 130 cm³/mol. The minimum Gasteiger partial charge on any atom is -0.328 e. The van der Waals surface area contributed by atoms with E-state index in [1.807, 2.05) is 36.4 Å². The zero-order valence-corrected chi connectivity index (χ0v) is 20.4. The summed E-state index contributed by atoms with van der Waals surface area (Å²) in [4.78, 5) is 30.8. The fourth-order valence-corrected chi connectivity index (χ4v) is 5.44. The molecule has 0 bridgehead atoms. The largest absolute Gasteiger partial charge is 0.328 e. The smallest absolute Gasteiger partial charge is 0.220 e. The van der Waals surface area contributed by atoms with E-state index in [2.05, 4.69) is 61.8 Å². The van der Waals surface area contributed by atoms with Gasteiger partial charge in [-0.2, -0.15) is 0 Å². The molecule has 2 aromatic carbocycles. The molecular weight excluding hydrogens is 396 g/mol. The van der Waals surface area contributed by atoms with E-state index in [1.54, 1.807) is 13.8 Å². The minimum absolute atomic E-state index is 0.0241. The molecule has 2 aromatic rings. The zero-order chi connectivity index (χ0) is 23.4. The fraction of sp³-hybridized carbons (Fsp3) is 0.500. The van der Waals surface area contributed by atoms with E-state index < -0.39 is 0 Å².